The summed E-state index contributed by atoms with van der Waals surface area (Å²) in [5, 5.41) is 10.6. The van der Waals surface area contributed by atoms with Crippen LogP contribution < -0.4 is 0 Å². The molecule has 0 unspecified atom stereocenters. The van der Waals surface area contributed by atoms with Crippen LogP contribution in [-0.4, -0.2) is 10.7 Å². The van der Waals surface area contributed by atoms with E-state index < -0.39 is 0 Å². The molecule has 0 radical (unpaired) electrons. The van der Waals surface area contributed by atoms with Crippen LogP contribution in [0.25, 0.3) is 0 Å². The van der Waals surface area contributed by atoms with Gasteiger partial charge in [0.1, 0.15) is 0 Å². The Kier molecular flexibility index (Phi) is 5.82. The Bertz CT molecular complexity index is 176. The van der Waals surface area contributed by atoms with Crippen LogP contribution in [0.3, 0.4) is 0 Å². The van der Waals surface area contributed by atoms with Gasteiger partial charge in [0.05, 0.1) is 5.60 Å². The summed E-state index contributed by atoms with van der Waals surface area (Å²) in [5.41, 5.74) is -0.319. The lowest BCUT2D eigenvalue weighted by Gasteiger charge is -2.38. The van der Waals surface area contributed by atoms with Crippen molar-refractivity contribution in [3.8, 4) is 0 Å². The van der Waals surface area contributed by atoms with Gasteiger partial charge in [-0.1, -0.05) is 46.5 Å². The largest absolute Gasteiger partial charge is 0.390 e. The molecule has 1 nitrogen and oxygen atoms in total. The monoisotopic (exact) mass is 226 g/mol. The van der Waals surface area contributed by atoms with Crippen molar-refractivity contribution in [1.82, 2.24) is 0 Å². The zero-order valence-corrected chi connectivity index (χ0v) is 11.5. The van der Waals surface area contributed by atoms with Gasteiger partial charge in [-0.25, -0.2) is 0 Å². The Morgan fingerprint density at radius 3 is 2.12 bits per heavy atom. The maximum atomic E-state index is 10.6. The van der Waals surface area contributed by atoms with E-state index in [1.807, 2.05) is 0 Å². The molecule has 1 N–H and O–H groups in total. The third-order valence-electron chi connectivity index (χ3n) is 4.56. The summed E-state index contributed by atoms with van der Waals surface area (Å²) in [5.74, 6) is 1.62. The molecule has 1 rings (SSSR count). The van der Waals surface area contributed by atoms with Gasteiger partial charge in [0, 0.05) is 0 Å². The molecule has 1 aliphatic carbocycles. The summed E-state index contributed by atoms with van der Waals surface area (Å²) in [6.07, 6.45) is 10.8. The average Bonchev–Trinajstić information content (AvgIpc) is 2.30. The minimum atomic E-state index is -0.319. The molecule has 0 spiro atoms. The van der Waals surface area contributed by atoms with Crippen molar-refractivity contribution in [3.05, 3.63) is 0 Å². The van der Waals surface area contributed by atoms with E-state index in [-0.39, 0.29) is 5.60 Å². The molecule has 0 heterocycles. The Labute approximate surface area is 102 Å². The quantitative estimate of drug-likeness (QED) is 0.705. The first-order valence-electron chi connectivity index (χ1n) is 7.36. The number of hydrogen-bond donors (Lipinski definition) is 1. The molecule has 1 aliphatic rings. The molecule has 0 aromatic carbocycles. The summed E-state index contributed by atoms with van der Waals surface area (Å²) in [6, 6.07) is 0. The summed E-state index contributed by atoms with van der Waals surface area (Å²) >= 11 is 0. The van der Waals surface area contributed by atoms with Gasteiger partial charge in [-0.05, 0) is 43.9 Å². The van der Waals surface area contributed by atoms with Crippen molar-refractivity contribution >= 4 is 0 Å². The highest BCUT2D eigenvalue weighted by atomic mass is 16.3. The smallest absolute Gasteiger partial charge is 0.0650 e. The van der Waals surface area contributed by atoms with Gasteiger partial charge in [0.2, 0.25) is 0 Å². The Balaban J connectivity index is 2.37. The van der Waals surface area contributed by atoms with E-state index in [9.17, 15) is 5.11 Å². The molecule has 0 saturated heterocycles. The topological polar surface area (TPSA) is 20.2 Å². The Hall–Kier alpha value is -0.0400. The molecule has 0 atom stereocenters. The van der Waals surface area contributed by atoms with Crippen molar-refractivity contribution in [2.24, 2.45) is 11.8 Å². The van der Waals surface area contributed by atoms with Crippen LogP contribution in [0.15, 0.2) is 0 Å². The van der Waals surface area contributed by atoms with E-state index in [4.69, 9.17) is 0 Å². The molecule has 16 heavy (non-hydrogen) atoms. The van der Waals surface area contributed by atoms with Gasteiger partial charge in [-0.3, -0.25) is 0 Å². The highest BCUT2D eigenvalue weighted by Gasteiger charge is 2.34. The highest BCUT2D eigenvalue weighted by Crippen LogP contribution is 2.38. The SMILES string of the molecule is CCCC1CCC(O)(CC(CC)CC)CC1. The molecule has 0 bridgehead atoms. The first kappa shape index (κ1) is 14.0. The molecule has 0 amide bonds. The van der Waals surface area contributed by atoms with Crippen LogP contribution >= 0.6 is 0 Å². The van der Waals surface area contributed by atoms with Crippen LogP contribution in [0.4, 0.5) is 0 Å². The van der Waals surface area contributed by atoms with Gasteiger partial charge >= 0.3 is 0 Å². The summed E-state index contributed by atoms with van der Waals surface area (Å²) in [7, 11) is 0. The van der Waals surface area contributed by atoms with Gasteiger partial charge in [0.25, 0.3) is 0 Å². The van der Waals surface area contributed by atoms with Crippen molar-refractivity contribution in [2.45, 2.75) is 84.2 Å². The molecule has 1 fully saturated rings. The number of aliphatic hydroxyl groups is 1. The maximum absolute atomic E-state index is 10.6. The van der Waals surface area contributed by atoms with Gasteiger partial charge in [-0.2, -0.15) is 0 Å². The number of hydrogen-bond acceptors (Lipinski definition) is 1. The zero-order valence-electron chi connectivity index (χ0n) is 11.5. The van der Waals surface area contributed by atoms with Crippen LogP contribution in [0.5, 0.6) is 0 Å². The van der Waals surface area contributed by atoms with Gasteiger partial charge < -0.3 is 5.11 Å². The summed E-state index contributed by atoms with van der Waals surface area (Å²) < 4.78 is 0. The molecular formula is C15H30O. The Morgan fingerprint density at radius 2 is 1.69 bits per heavy atom. The third-order valence-corrected chi connectivity index (χ3v) is 4.56. The minimum Gasteiger partial charge on any atom is -0.390 e. The fourth-order valence-corrected chi connectivity index (χ4v) is 3.23. The predicted octanol–water partition coefficient (Wildman–Crippen LogP) is 4.53. The van der Waals surface area contributed by atoms with Crippen LogP contribution in [-0.2, 0) is 0 Å². The average molecular weight is 226 g/mol. The first-order valence-corrected chi connectivity index (χ1v) is 7.36. The molecule has 0 aromatic rings. The van der Waals surface area contributed by atoms with Crippen molar-refractivity contribution in [3.63, 3.8) is 0 Å². The Morgan fingerprint density at radius 1 is 1.12 bits per heavy atom. The molecular weight excluding hydrogens is 196 g/mol. The highest BCUT2D eigenvalue weighted by molar-refractivity contribution is 4.87. The summed E-state index contributed by atoms with van der Waals surface area (Å²) in [4.78, 5) is 0. The standard InChI is InChI=1S/C15H30O/c1-4-7-14-8-10-15(16,11-9-14)12-13(5-2)6-3/h13-14,16H,4-12H2,1-3H3. The van der Waals surface area contributed by atoms with Gasteiger partial charge in [0.15, 0.2) is 0 Å². The number of rotatable bonds is 6. The maximum Gasteiger partial charge on any atom is 0.0650 e. The van der Waals surface area contributed by atoms with E-state index in [1.54, 1.807) is 0 Å². The second kappa shape index (κ2) is 6.64. The van der Waals surface area contributed by atoms with E-state index in [1.165, 1.54) is 38.5 Å². The molecule has 1 saturated carbocycles. The second-order valence-corrected chi connectivity index (χ2v) is 5.84. The van der Waals surface area contributed by atoms with E-state index in [0.29, 0.717) is 0 Å². The van der Waals surface area contributed by atoms with Crippen LogP contribution in [0, 0.1) is 11.8 Å². The van der Waals surface area contributed by atoms with E-state index in [0.717, 1.165) is 31.1 Å². The summed E-state index contributed by atoms with van der Waals surface area (Å²) in [6.45, 7) is 6.77. The lowest BCUT2D eigenvalue weighted by atomic mass is 9.73. The predicted molar refractivity (Wildman–Crippen MR) is 70.5 cm³/mol. The third kappa shape index (κ3) is 4.08. The van der Waals surface area contributed by atoms with Crippen molar-refractivity contribution < 1.29 is 5.11 Å². The van der Waals surface area contributed by atoms with Gasteiger partial charge in [-0.15, -0.1) is 0 Å². The van der Waals surface area contributed by atoms with Crippen LogP contribution in [0.1, 0.15) is 78.6 Å². The molecule has 0 aromatic heterocycles. The lowest BCUT2D eigenvalue weighted by molar-refractivity contribution is -0.0309. The minimum absolute atomic E-state index is 0.319. The molecule has 96 valence electrons. The molecule has 1 heteroatoms. The van der Waals surface area contributed by atoms with E-state index >= 15 is 0 Å². The molecule has 0 aliphatic heterocycles. The van der Waals surface area contributed by atoms with E-state index in [2.05, 4.69) is 20.8 Å². The zero-order chi connectivity index (χ0) is 12.0. The van der Waals surface area contributed by atoms with Crippen LogP contribution in [0.2, 0.25) is 0 Å². The van der Waals surface area contributed by atoms with Crippen molar-refractivity contribution in [2.75, 3.05) is 0 Å². The van der Waals surface area contributed by atoms with Crippen molar-refractivity contribution in [1.29, 1.82) is 0 Å². The fraction of sp³-hybridized carbons (Fsp3) is 1.00. The normalized spacial score (nSPS) is 30.9. The first-order chi connectivity index (χ1) is 7.63. The second-order valence-electron chi connectivity index (χ2n) is 5.84. The fourth-order valence-electron chi connectivity index (χ4n) is 3.23. The lowest BCUT2D eigenvalue weighted by Crippen LogP contribution is -2.36.